The van der Waals surface area contributed by atoms with Crippen LogP contribution in [0.1, 0.15) is 58.3 Å². The van der Waals surface area contributed by atoms with E-state index < -0.39 is 0 Å². The zero-order valence-electron chi connectivity index (χ0n) is 11.6. The zero-order valence-corrected chi connectivity index (χ0v) is 11.6. The second-order valence-electron chi connectivity index (χ2n) is 6.01. The standard InChI is InChI=1S/C15H30N2/c1-2-14-7-6-12-17(13-14)11-5-3-4-10-16-15-8-9-15/h14-16H,2-13H2,1H3. The van der Waals surface area contributed by atoms with E-state index in [1.165, 1.54) is 77.5 Å². The summed E-state index contributed by atoms with van der Waals surface area (Å²) in [6, 6.07) is 0.891. The summed E-state index contributed by atoms with van der Waals surface area (Å²) in [5, 5.41) is 3.60. The quantitative estimate of drug-likeness (QED) is 0.654. The lowest BCUT2D eigenvalue weighted by molar-refractivity contribution is 0.169. The van der Waals surface area contributed by atoms with Crippen molar-refractivity contribution < 1.29 is 0 Å². The molecule has 0 radical (unpaired) electrons. The van der Waals surface area contributed by atoms with Gasteiger partial charge in [-0.05, 0) is 64.1 Å². The Morgan fingerprint density at radius 3 is 2.76 bits per heavy atom. The van der Waals surface area contributed by atoms with E-state index in [9.17, 15) is 0 Å². The fourth-order valence-corrected chi connectivity index (χ4v) is 2.92. The number of likely N-dealkylation sites (tertiary alicyclic amines) is 1. The molecule has 1 atom stereocenters. The Morgan fingerprint density at radius 1 is 1.12 bits per heavy atom. The molecule has 0 aromatic heterocycles. The Labute approximate surface area is 107 Å². The van der Waals surface area contributed by atoms with E-state index in [0.717, 1.165) is 12.0 Å². The predicted octanol–water partition coefficient (Wildman–Crippen LogP) is 3.03. The van der Waals surface area contributed by atoms with Crippen molar-refractivity contribution in [2.24, 2.45) is 5.92 Å². The van der Waals surface area contributed by atoms with Crippen LogP contribution in [-0.4, -0.2) is 37.1 Å². The van der Waals surface area contributed by atoms with E-state index in [-0.39, 0.29) is 0 Å². The van der Waals surface area contributed by atoms with E-state index >= 15 is 0 Å². The monoisotopic (exact) mass is 238 g/mol. The van der Waals surface area contributed by atoms with Gasteiger partial charge in [-0.3, -0.25) is 0 Å². The van der Waals surface area contributed by atoms with Gasteiger partial charge in [0.1, 0.15) is 0 Å². The average molecular weight is 238 g/mol. The Morgan fingerprint density at radius 2 is 2.00 bits per heavy atom. The summed E-state index contributed by atoms with van der Waals surface area (Å²) in [7, 11) is 0. The lowest BCUT2D eigenvalue weighted by Crippen LogP contribution is -2.35. The normalized spacial score (nSPS) is 26.3. The van der Waals surface area contributed by atoms with Crippen LogP contribution < -0.4 is 5.32 Å². The molecule has 1 aliphatic heterocycles. The van der Waals surface area contributed by atoms with Crippen LogP contribution in [0, 0.1) is 5.92 Å². The number of hydrogen-bond acceptors (Lipinski definition) is 2. The minimum Gasteiger partial charge on any atom is -0.314 e. The summed E-state index contributed by atoms with van der Waals surface area (Å²) in [4.78, 5) is 2.70. The number of piperidine rings is 1. The third-order valence-corrected chi connectivity index (χ3v) is 4.34. The second kappa shape index (κ2) is 7.38. The third kappa shape index (κ3) is 5.39. The van der Waals surface area contributed by atoms with Crippen molar-refractivity contribution in [3.63, 3.8) is 0 Å². The third-order valence-electron chi connectivity index (χ3n) is 4.34. The highest BCUT2D eigenvalue weighted by Gasteiger charge is 2.19. The Hall–Kier alpha value is -0.0800. The first-order valence-corrected chi connectivity index (χ1v) is 7.84. The van der Waals surface area contributed by atoms with Gasteiger partial charge in [-0.15, -0.1) is 0 Å². The highest BCUT2D eigenvalue weighted by molar-refractivity contribution is 4.80. The van der Waals surface area contributed by atoms with Crippen molar-refractivity contribution in [3.05, 3.63) is 0 Å². The van der Waals surface area contributed by atoms with Crippen molar-refractivity contribution in [1.29, 1.82) is 0 Å². The van der Waals surface area contributed by atoms with Crippen molar-refractivity contribution in [1.82, 2.24) is 10.2 Å². The van der Waals surface area contributed by atoms with Crippen molar-refractivity contribution in [2.45, 2.75) is 64.3 Å². The van der Waals surface area contributed by atoms with E-state index in [1.54, 1.807) is 0 Å². The van der Waals surface area contributed by atoms with E-state index in [4.69, 9.17) is 0 Å². The molecule has 1 saturated carbocycles. The topological polar surface area (TPSA) is 15.3 Å². The number of hydrogen-bond donors (Lipinski definition) is 1. The van der Waals surface area contributed by atoms with Gasteiger partial charge in [0.2, 0.25) is 0 Å². The van der Waals surface area contributed by atoms with Crippen LogP contribution in [0.25, 0.3) is 0 Å². The van der Waals surface area contributed by atoms with Crippen LogP contribution in [0.3, 0.4) is 0 Å². The van der Waals surface area contributed by atoms with Gasteiger partial charge in [0.05, 0.1) is 0 Å². The highest BCUT2D eigenvalue weighted by atomic mass is 15.1. The highest BCUT2D eigenvalue weighted by Crippen LogP contribution is 2.20. The summed E-state index contributed by atoms with van der Waals surface area (Å²) in [6.07, 6.45) is 11.3. The molecule has 1 heterocycles. The molecule has 2 rings (SSSR count). The zero-order chi connectivity index (χ0) is 11.9. The summed E-state index contributed by atoms with van der Waals surface area (Å²) in [6.45, 7) is 7.67. The van der Waals surface area contributed by atoms with Gasteiger partial charge in [0.25, 0.3) is 0 Å². The summed E-state index contributed by atoms with van der Waals surface area (Å²) in [5.41, 5.74) is 0. The van der Waals surface area contributed by atoms with Crippen LogP contribution in [0.5, 0.6) is 0 Å². The minimum atomic E-state index is 0.891. The van der Waals surface area contributed by atoms with Gasteiger partial charge in [0.15, 0.2) is 0 Å². The molecule has 1 N–H and O–H groups in total. The lowest BCUT2D eigenvalue weighted by Gasteiger charge is -2.32. The molecule has 2 heteroatoms. The predicted molar refractivity (Wildman–Crippen MR) is 74.3 cm³/mol. The molecule has 17 heavy (non-hydrogen) atoms. The largest absolute Gasteiger partial charge is 0.314 e. The molecule has 0 spiro atoms. The smallest absolute Gasteiger partial charge is 0.00682 e. The first-order chi connectivity index (χ1) is 8.38. The number of rotatable bonds is 8. The Bertz CT molecular complexity index is 201. The molecule has 1 aliphatic carbocycles. The van der Waals surface area contributed by atoms with Gasteiger partial charge in [0, 0.05) is 12.6 Å². The molecular weight excluding hydrogens is 208 g/mol. The van der Waals surface area contributed by atoms with Gasteiger partial charge in [-0.2, -0.15) is 0 Å². The van der Waals surface area contributed by atoms with Crippen molar-refractivity contribution in [3.8, 4) is 0 Å². The van der Waals surface area contributed by atoms with Crippen LogP contribution in [0.2, 0.25) is 0 Å². The molecule has 0 amide bonds. The van der Waals surface area contributed by atoms with Crippen LogP contribution in [-0.2, 0) is 0 Å². The maximum atomic E-state index is 3.60. The Balaban J connectivity index is 1.43. The van der Waals surface area contributed by atoms with Crippen LogP contribution in [0.15, 0.2) is 0 Å². The molecule has 2 fully saturated rings. The molecule has 0 aromatic carbocycles. The van der Waals surface area contributed by atoms with E-state index in [1.807, 2.05) is 0 Å². The van der Waals surface area contributed by atoms with Gasteiger partial charge >= 0.3 is 0 Å². The molecule has 100 valence electrons. The average Bonchev–Trinajstić information content (AvgIpc) is 3.18. The van der Waals surface area contributed by atoms with Gasteiger partial charge < -0.3 is 10.2 Å². The maximum Gasteiger partial charge on any atom is 0.00682 e. The molecule has 0 bridgehead atoms. The van der Waals surface area contributed by atoms with Gasteiger partial charge in [-0.1, -0.05) is 19.8 Å². The molecular formula is C15H30N2. The van der Waals surface area contributed by atoms with E-state index in [0.29, 0.717) is 0 Å². The molecule has 2 nitrogen and oxygen atoms in total. The SMILES string of the molecule is CCC1CCCN(CCCCCNC2CC2)C1. The maximum absolute atomic E-state index is 3.60. The molecule has 1 unspecified atom stereocenters. The van der Waals surface area contributed by atoms with E-state index in [2.05, 4.69) is 17.1 Å². The summed E-state index contributed by atoms with van der Waals surface area (Å²) in [5.74, 6) is 0.986. The first-order valence-electron chi connectivity index (χ1n) is 7.84. The fourth-order valence-electron chi connectivity index (χ4n) is 2.92. The molecule has 0 aromatic rings. The van der Waals surface area contributed by atoms with Gasteiger partial charge in [-0.25, -0.2) is 0 Å². The number of nitrogens with zero attached hydrogens (tertiary/aromatic N) is 1. The molecule has 2 aliphatic rings. The summed E-state index contributed by atoms with van der Waals surface area (Å²) < 4.78 is 0. The van der Waals surface area contributed by atoms with Crippen LogP contribution in [0.4, 0.5) is 0 Å². The fraction of sp³-hybridized carbons (Fsp3) is 1.00. The number of unbranched alkanes of at least 4 members (excludes halogenated alkanes) is 2. The summed E-state index contributed by atoms with van der Waals surface area (Å²) >= 11 is 0. The lowest BCUT2D eigenvalue weighted by atomic mass is 9.95. The minimum absolute atomic E-state index is 0.891. The Kier molecular flexibility index (Phi) is 5.79. The second-order valence-corrected chi connectivity index (χ2v) is 6.01. The number of nitrogens with one attached hydrogen (secondary N) is 1. The van der Waals surface area contributed by atoms with Crippen molar-refractivity contribution >= 4 is 0 Å². The first kappa shape index (κ1) is 13.4. The van der Waals surface area contributed by atoms with Crippen molar-refractivity contribution in [2.75, 3.05) is 26.2 Å². The van der Waals surface area contributed by atoms with Crippen LogP contribution >= 0.6 is 0 Å². The molecule has 1 saturated heterocycles.